The van der Waals surface area contributed by atoms with Crippen molar-refractivity contribution in [2.45, 2.75) is 68.2 Å². The molecule has 0 unspecified atom stereocenters. The van der Waals surface area contributed by atoms with Gasteiger partial charge in [0.2, 0.25) is 0 Å². The Morgan fingerprint density at radius 3 is 1.83 bits per heavy atom. The second-order valence-electron chi connectivity index (χ2n) is 3.57. The van der Waals surface area contributed by atoms with E-state index in [9.17, 15) is 4.79 Å². The van der Waals surface area contributed by atoms with Crippen LogP contribution in [-0.4, -0.2) is 6.03 Å². The Labute approximate surface area is 151 Å². The lowest BCUT2D eigenvalue weighted by atomic mass is 10.3. The minimum absolute atomic E-state index is 0.279. The number of hydrogen-bond acceptors (Lipinski definition) is 1. The average molecular weight is 337 g/mol. The van der Waals surface area contributed by atoms with Crippen LogP contribution in [0.25, 0.3) is 0 Å². The SMILES string of the molecule is C=C/C=C\C(=C/C)NC(=O)N/C(C=C)=C/CCC.CC.CC.CC. The van der Waals surface area contributed by atoms with Gasteiger partial charge in [0.05, 0.1) is 0 Å². The van der Waals surface area contributed by atoms with Gasteiger partial charge in [-0.3, -0.25) is 0 Å². The first kappa shape index (κ1) is 29.9. The summed E-state index contributed by atoms with van der Waals surface area (Å²) in [4.78, 5) is 11.7. The summed E-state index contributed by atoms with van der Waals surface area (Å²) in [5.41, 5.74) is 1.43. The molecule has 3 heteroatoms. The summed E-state index contributed by atoms with van der Waals surface area (Å²) in [6, 6.07) is -0.279. The van der Waals surface area contributed by atoms with Crippen molar-refractivity contribution >= 4 is 6.03 Å². The van der Waals surface area contributed by atoms with Gasteiger partial charge in [-0.2, -0.15) is 0 Å². The summed E-state index contributed by atoms with van der Waals surface area (Å²) < 4.78 is 0. The van der Waals surface area contributed by atoms with Gasteiger partial charge >= 0.3 is 6.03 Å². The molecule has 0 radical (unpaired) electrons. The smallest absolute Gasteiger partial charge is 0.308 e. The van der Waals surface area contributed by atoms with E-state index in [-0.39, 0.29) is 6.03 Å². The van der Waals surface area contributed by atoms with Gasteiger partial charge in [-0.05, 0) is 25.5 Å². The van der Waals surface area contributed by atoms with Gasteiger partial charge in [-0.15, -0.1) is 0 Å². The highest BCUT2D eigenvalue weighted by atomic mass is 16.2. The van der Waals surface area contributed by atoms with E-state index >= 15 is 0 Å². The van der Waals surface area contributed by atoms with Gasteiger partial charge in [-0.1, -0.05) is 92.3 Å². The van der Waals surface area contributed by atoms with E-state index in [4.69, 9.17) is 0 Å². The fourth-order valence-electron chi connectivity index (χ4n) is 1.16. The molecule has 0 aliphatic carbocycles. The number of carbonyl (C=O) groups excluding carboxylic acids is 1. The molecule has 0 aromatic carbocycles. The van der Waals surface area contributed by atoms with Crippen molar-refractivity contribution in [1.82, 2.24) is 10.6 Å². The fourth-order valence-corrected chi connectivity index (χ4v) is 1.16. The predicted octanol–water partition coefficient (Wildman–Crippen LogP) is 6.88. The average Bonchev–Trinajstić information content (AvgIpc) is 2.66. The Bertz CT molecular complexity index is 377. The van der Waals surface area contributed by atoms with Crippen molar-refractivity contribution in [1.29, 1.82) is 0 Å². The van der Waals surface area contributed by atoms with Crippen molar-refractivity contribution in [3.8, 4) is 0 Å². The lowest BCUT2D eigenvalue weighted by molar-refractivity contribution is 0.246. The standard InChI is InChI=1S/C15H22N2O.3C2H6/c1-5-9-11-13(7-3)16-15(18)17-14(8-4)12-10-6-2;3*1-2/h5,7-9,11-12H,1,4,6,10H2,2-3H3,(H2,16,17,18);3*1-2H3/b11-9-,13-7+,14-12+;;;. The second-order valence-corrected chi connectivity index (χ2v) is 3.57. The zero-order valence-corrected chi connectivity index (χ0v) is 17.2. The molecule has 24 heavy (non-hydrogen) atoms. The Hall–Kier alpha value is -2.03. The lowest BCUT2D eigenvalue weighted by Crippen LogP contribution is -2.33. The Balaban J connectivity index is -0.000000297. The fraction of sp³-hybridized carbons (Fsp3) is 0.476. The third-order valence-corrected chi connectivity index (χ3v) is 2.11. The summed E-state index contributed by atoms with van der Waals surface area (Å²) in [5, 5.41) is 5.47. The van der Waals surface area contributed by atoms with E-state index in [0.29, 0.717) is 5.70 Å². The maximum absolute atomic E-state index is 11.7. The highest BCUT2D eigenvalue weighted by Crippen LogP contribution is 1.98. The summed E-state index contributed by atoms with van der Waals surface area (Å²) >= 11 is 0. The number of unbranched alkanes of at least 4 members (excludes halogenated alkanes) is 1. The number of allylic oxidation sites excluding steroid dienone is 6. The third-order valence-electron chi connectivity index (χ3n) is 2.11. The number of rotatable bonds is 7. The molecule has 0 spiro atoms. The van der Waals surface area contributed by atoms with E-state index in [1.54, 1.807) is 24.3 Å². The Kier molecular flexibility index (Phi) is 36.2. The van der Waals surface area contributed by atoms with Gasteiger partial charge in [0, 0.05) is 11.4 Å². The minimum atomic E-state index is -0.279. The van der Waals surface area contributed by atoms with Crippen LogP contribution in [0.4, 0.5) is 4.79 Å². The monoisotopic (exact) mass is 336 g/mol. The van der Waals surface area contributed by atoms with Crippen LogP contribution in [-0.2, 0) is 0 Å². The number of urea groups is 1. The van der Waals surface area contributed by atoms with Crippen LogP contribution in [0.5, 0.6) is 0 Å². The third kappa shape index (κ3) is 22.3. The second kappa shape index (κ2) is 29.0. The summed E-state index contributed by atoms with van der Waals surface area (Å²) in [5.74, 6) is 0. The minimum Gasteiger partial charge on any atom is -0.308 e. The van der Waals surface area contributed by atoms with E-state index in [1.165, 1.54) is 0 Å². The molecule has 0 rings (SSSR count). The molecule has 0 saturated heterocycles. The lowest BCUT2D eigenvalue weighted by Gasteiger charge is -2.08. The molecule has 0 aliphatic heterocycles. The van der Waals surface area contributed by atoms with Crippen molar-refractivity contribution in [3.63, 3.8) is 0 Å². The molecule has 140 valence electrons. The number of hydrogen-bond donors (Lipinski definition) is 2. The van der Waals surface area contributed by atoms with E-state index < -0.39 is 0 Å². The van der Waals surface area contributed by atoms with Crippen LogP contribution in [0.1, 0.15) is 68.2 Å². The van der Waals surface area contributed by atoms with E-state index in [0.717, 1.165) is 18.5 Å². The van der Waals surface area contributed by atoms with Crippen LogP contribution >= 0.6 is 0 Å². The first-order chi connectivity index (χ1) is 11.7. The zero-order valence-electron chi connectivity index (χ0n) is 17.2. The highest BCUT2D eigenvalue weighted by Gasteiger charge is 2.01. The molecular weight excluding hydrogens is 296 g/mol. The van der Waals surface area contributed by atoms with Crippen LogP contribution < -0.4 is 10.6 Å². The predicted molar refractivity (Wildman–Crippen MR) is 112 cm³/mol. The molecule has 0 fully saturated rings. The first-order valence-corrected chi connectivity index (χ1v) is 9.03. The Morgan fingerprint density at radius 1 is 0.958 bits per heavy atom. The quantitative estimate of drug-likeness (QED) is 0.489. The largest absolute Gasteiger partial charge is 0.323 e. The topological polar surface area (TPSA) is 41.1 Å². The molecule has 2 N–H and O–H groups in total. The van der Waals surface area contributed by atoms with E-state index in [2.05, 4.69) is 30.7 Å². The van der Waals surface area contributed by atoms with Crippen molar-refractivity contribution in [2.75, 3.05) is 0 Å². The van der Waals surface area contributed by atoms with Gasteiger partial charge in [0.15, 0.2) is 0 Å². The molecule has 0 heterocycles. The first-order valence-electron chi connectivity index (χ1n) is 9.03. The van der Waals surface area contributed by atoms with Crippen LogP contribution in [0, 0.1) is 0 Å². The molecule has 0 aromatic rings. The number of amides is 2. The van der Waals surface area contributed by atoms with Gasteiger partial charge < -0.3 is 10.6 Å². The van der Waals surface area contributed by atoms with Crippen molar-refractivity contribution in [2.24, 2.45) is 0 Å². The molecular formula is C21H40N2O. The number of carbonyl (C=O) groups is 1. The molecule has 0 saturated carbocycles. The highest BCUT2D eigenvalue weighted by molar-refractivity contribution is 5.78. The maximum atomic E-state index is 11.7. The van der Waals surface area contributed by atoms with Crippen molar-refractivity contribution in [3.05, 3.63) is 61.0 Å². The van der Waals surface area contributed by atoms with Crippen LogP contribution in [0.15, 0.2) is 61.0 Å². The van der Waals surface area contributed by atoms with Gasteiger partial charge in [0.1, 0.15) is 0 Å². The molecule has 0 bridgehead atoms. The van der Waals surface area contributed by atoms with Crippen LogP contribution in [0.2, 0.25) is 0 Å². The molecule has 3 nitrogen and oxygen atoms in total. The summed E-state index contributed by atoms with van der Waals surface area (Å²) in [6.07, 6.45) is 12.5. The normalized spacial score (nSPS) is 10.0. The van der Waals surface area contributed by atoms with Crippen molar-refractivity contribution < 1.29 is 4.79 Å². The summed E-state index contributed by atoms with van der Waals surface area (Å²) in [6.45, 7) is 23.2. The molecule has 0 atom stereocenters. The molecule has 0 aliphatic rings. The van der Waals surface area contributed by atoms with Crippen LogP contribution in [0.3, 0.4) is 0 Å². The number of nitrogens with one attached hydrogen (secondary N) is 2. The molecule has 2 amide bonds. The zero-order chi connectivity index (χ0) is 19.8. The summed E-state index contributed by atoms with van der Waals surface area (Å²) in [7, 11) is 0. The molecule has 0 aromatic heterocycles. The Morgan fingerprint density at radius 2 is 1.46 bits per heavy atom. The van der Waals surface area contributed by atoms with Gasteiger partial charge in [0.25, 0.3) is 0 Å². The van der Waals surface area contributed by atoms with E-state index in [1.807, 2.05) is 60.6 Å². The maximum Gasteiger partial charge on any atom is 0.323 e. The van der Waals surface area contributed by atoms with Gasteiger partial charge in [-0.25, -0.2) is 4.79 Å².